The predicted molar refractivity (Wildman–Crippen MR) is 146 cm³/mol. The first-order valence-electron chi connectivity index (χ1n) is 9.58. The van der Waals surface area contributed by atoms with Crippen LogP contribution in [0.5, 0.6) is 0 Å². The summed E-state index contributed by atoms with van der Waals surface area (Å²) in [6, 6.07) is 9.54. The number of aryl methyl sites for hydroxylation is 1. The summed E-state index contributed by atoms with van der Waals surface area (Å²) in [7, 11) is 0.625. The van der Waals surface area contributed by atoms with Gasteiger partial charge in [0.1, 0.15) is 34.0 Å². The number of rotatable bonds is 8. The van der Waals surface area contributed by atoms with E-state index in [0.29, 0.717) is 23.7 Å². The number of halogens is 1. The smallest absolute Gasteiger partial charge is 0.168 e. The minimum atomic E-state index is -1.17. The van der Waals surface area contributed by atoms with Crippen molar-refractivity contribution in [3.63, 3.8) is 0 Å². The Morgan fingerprint density at radius 2 is 1.97 bits per heavy atom. The quantitative estimate of drug-likeness (QED) is 0.179. The van der Waals surface area contributed by atoms with Gasteiger partial charge in [-0.25, -0.2) is 14.2 Å². The summed E-state index contributed by atoms with van der Waals surface area (Å²) in [5.74, 6) is 1.84. The van der Waals surface area contributed by atoms with Crippen molar-refractivity contribution in [3.8, 4) is 0 Å². The van der Waals surface area contributed by atoms with Crippen LogP contribution in [0.1, 0.15) is 12.7 Å². The third kappa shape index (κ3) is 5.51. The van der Waals surface area contributed by atoms with E-state index in [4.69, 9.17) is 21.4 Å². The average molecular weight is 584 g/mol. The van der Waals surface area contributed by atoms with Crippen LogP contribution in [0.4, 0.5) is 22.9 Å². The van der Waals surface area contributed by atoms with Crippen molar-refractivity contribution in [1.29, 1.82) is 0 Å². The number of nitrogens with two attached hydrogens (primary N) is 2. The van der Waals surface area contributed by atoms with Crippen molar-refractivity contribution < 1.29 is 4.21 Å². The van der Waals surface area contributed by atoms with Gasteiger partial charge in [-0.3, -0.25) is 8.64 Å². The molecular formula is C20H26IN8OPS. The molecule has 1 aromatic carbocycles. The third-order valence-corrected chi connectivity index (χ3v) is 7.68. The fraction of sp³-hybridized carbons (Fsp3) is 0.200. The molecule has 6 N–H and O–H groups in total. The average Bonchev–Trinajstić information content (AvgIpc) is 3.07. The highest BCUT2D eigenvalue weighted by Crippen LogP contribution is 2.37. The molecule has 0 aliphatic heterocycles. The molecule has 0 aliphatic rings. The van der Waals surface area contributed by atoms with E-state index in [1.54, 1.807) is 36.7 Å². The van der Waals surface area contributed by atoms with E-state index >= 15 is 0 Å². The maximum absolute atomic E-state index is 12.1. The largest absolute Gasteiger partial charge is 0.402 e. The van der Waals surface area contributed by atoms with Gasteiger partial charge in [0.05, 0.1) is 23.4 Å². The molecule has 2 aromatic heterocycles. The fourth-order valence-electron chi connectivity index (χ4n) is 2.96. The molecule has 2 heterocycles. The van der Waals surface area contributed by atoms with E-state index in [2.05, 4.69) is 37.0 Å². The van der Waals surface area contributed by atoms with E-state index in [9.17, 15) is 4.21 Å². The summed E-state index contributed by atoms with van der Waals surface area (Å²) in [4.78, 5) is 9.48. The van der Waals surface area contributed by atoms with E-state index in [0.717, 1.165) is 34.1 Å². The number of hydrogen-bond donors (Lipinski definition) is 4. The van der Waals surface area contributed by atoms with Crippen molar-refractivity contribution >= 4 is 73.4 Å². The lowest BCUT2D eigenvalue weighted by Gasteiger charge is -2.20. The van der Waals surface area contributed by atoms with Gasteiger partial charge >= 0.3 is 0 Å². The van der Waals surface area contributed by atoms with Gasteiger partial charge in [0.25, 0.3) is 0 Å². The lowest BCUT2D eigenvalue weighted by molar-refractivity contribution is 0.685. The molecule has 0 saturated heterocycles. The fourth-order valence-corrected chi connectivity index (χ4v) is 5.54. The number of fused-ring (bicyclic) bond motifs is 1. The number of nitrogens with zero attached hydrogens (tertiary/aromatic N) is 4. The van der Waals surface area contributed by atoms with Gasteiger partial charge in [0, 0.05) is 25.1 Å². The Bertz CT molecular complexity index is 1220. The SMILES string of the molecule is C/C(N)=C/C=C(\N)Nc1cc(Nc2ccccc2N(C)S(C)=O)c2nc(C)n(PI)c2n1. The number of para-hydroxylation sites is 2. The number of pyridine rings is 1. The first-order valence-corrected chi connectivity index (χ1v) is 15.2. The zero-order chi connectivity index (χ0) is 23.4. The Morgan fingerprint density at radius 1 is 1.25 bits per heavy atom. The second-order valence-corrected chi connectivity index (χ2v) is 10.5. The summed E-state index contributed by atoms with van der Waals surface area (Å²) in [6.07, 6.45) is 5.49. The number of aromatic nitrogens is 3. The van der Waals surface area contributed by atoms with Crippen molar-refractivity contribution in [2.75, 3.05) is 28.2 Å². The van der Waals surface area contributed by atoms with Gasteiger partial charge < -0.3 is 22.1 Å². The van der Waals surface area contributed by atoms with Gasteiger partial charge in [-0.15, -0.1) is 0 Å². The zero-order valence-electron chi connectivity index (χ0n) is 18.2. The van der Waals surface area contributed by atoms with Gasteiger partial charge in [-0.1, -0.05) is 12.1 Å². The lowest BCUT2D eigenvalue weighted by Crippen LogP contribution is -2.19. The van der Waals surface area contributed by atoms with Crippen LogP contribution >= 0.6 is 28.4 Å². The van der Waals surface area contributed by atoms with E-state index in [1.165, 1.54) is 0 Å². The standard InChI is InChI=1S/C20H26IN8OPS/c1-12(22)9-10-17(23)26-18-11-15(19-20(27-18)29(31-21)13(2)24-19)25-14-7-5-6-8-16(14)28(3)32(4)30/h5-11,31H,22-23H2,1-4H3,(H2,25,26,27)/b12-9-,17-10+. The van der Waals surface area contributed by atoms with Crippen LogP contribution in [-0.4, -0.2) is 31.8 Å². The molecule has 12 heteroatoms. The second-order valence-electron chi connectivity index (χ2n) is 7.03. The maximum Gasteiger partial charge on any atom is 0.168 e. The lowest BCUT2D eigenvalue weighted by atomic mass is 10.2. The Hall–Kier alpha value is -2.37. The van der Waals surface area contributed by atoms with Crippen molar-refractivity contribution in [2.24, 2.45) is 11.5 Å². The summed E-state index contributed by atoms with van der Waals surface area (Å²) < 4.78 is 15.8. The van der Waals surface area contributed by atoms with Gasteiger partial charge in [0.15, 0.2) is 5.65 Å². The number of allylic oxidation sites excluding steroid dienone is 3. The molecule has 3 rings (SSSR count). The molecule has 170 valence electrons. The number of imidazole rings is 1. The third-order valence-electron chi connectivity index (χ3n) is 4.56. The topological polar surface area (TPSA) is 127 Å². The summed E-state index contributed by atoms with van der Waals surface area (Å²) in [5.41, 5.74) is 16.3. The first-order chi connectivity index (χ1) is 15.2. The summed E-state index contributed by atoms with van der Waals surface area (Å²) in [6.45, 7) is 3.74. The van der Waals surface area contributed by atoms with Gasteiger partial charge in [-0.2, -0.15) is 0 Å². The molecule has 0 amide bonds. The number of hydrogen-bond acceptors (Lipinski definition) is 7. The molecule has 32 heavy (non-hydrogen) atoms. The van der Waals surface area contributed by atoms with Crippen LogP contribution in [0.2, 0.25) is 0 Å². The van der Waals surface area contributed by atoms with Gasteiger partial charge in [-0.05, 0) is 60.2 Å². The summed E-state index contributed by atoms with van der Waals surface area (Å²) in [5, 5.41) is 6.58. The van der Waals surface area contributed by atoms with Crippen LogP contribution in [0.15, 0.2) is 54.0 Å². The highest BCUT2D eigenvalue weighted by molar-refractivity contribution is 14.2. The van der Waals surface area contributed by atoms with Crippen LogP contribution in [0.25, 0.3) is 11.2 Å². The molecule has 0 radical (unpaired) electrons. The minimum Gasteiger partial charge on any atom is -0.402 e. The van der Waals surface area contributed by atoms with Gasteiger partial charge in [0.2, 0.25) is 0 Å². The second kappa shape index (κ2) is 10.5. The Morgan fingerprint density at radius 3 is 2.62 bits per heavy atom. The number of anilines is 4. The maximum atomic E-state index is 12.1. The molecule has 0 fully saturated rings. The van der Waals surface area contributed by atoms with E-state index < -0.39 is 11.0 Å². The number of benzene rings is 1. The summed E-state index contributed by atoms with van der Waals surface area (Å²) >= 11 is 2.31. The monoisotopic (exact) mass is 584 g/mol. The zero-order valence-corrected chi connectivity index (χ0v) is 22.2. The van der Waals surface area contributed by atoms with E-state index in [-0.39, 0.29) is 0 Å². The van der Waals surface area contributed by atoms with Crippen molar-refractivity contribution in [3.05, 3.63) is 59.8 Å². The predicted octanol–water partition coefficient (Wildman–Crippen LogP) is 4.08. The molecule has 3 aromatic rings. The molecule has 0 spiro atoms. The van der Waals surface area contributed by atoms with Crippen LogP contribution < -0.4 is 26.4 Å². The highest BCUT2D eigenvalue weighted by atomic mass is 127. The Kier molecular flexibility index (Phi) is 7.96. The highest BCUT2D eigenvalue weighted by Gasteiger charge is 2.17. The normalized spacial score (nSPS) is 13.7. The van der Waals surface area contributed by atoms with Crippen LogP contribution in [-0.2, 0) is 11.0 Å². The first kappa shape index (κ1) is 24.3. The Balaban J connectivity index is 2.11. The molecular weight excluding hydrogens is 558 g/mol. The molecule has 2 atom stereocenters. The van der Waals surface area contributed by atoms with Crippen molar-refractivity contribution in [2.45, 2.75) is 13.8 Å². The Labute approximate surface area is 204 Å². The van der Waals surface area contributed by atoms with E-state index in [1.807, 2.05) is 37.3 Å². The molecule has 0 aliphatic carbocycles. The molecule has 0 bridgehead atoms. The molecule has 0 saturated carbocycles. The molecule has 2 unspecified atom stereocenters. The number of nitrogens with one attached hydrogen (secondary N) is 2. The van der Waals surface area contributed by atoms with Crippen LogP contribution in [0.3, 0.4) is 0 Å². The molecule has 9 nitrogen and oxygen atoms in total. The van der Waals surface area contributed by atoms with Crippen molar-refractivity contribution in [1.82, 2.24) is 14.3 Å². The minimum absolute atomic E-state index is 0.411. The van der Waals surface area contributed by atoms with Crippen LogP contribution in [0, 0.1) is 6.92 Å².